The van der Waals surface area contributed by atoms with Crippen molar-refractivity contribution in [3.63, 3.8) is 0 Å². The molecule has 0 heterocycles. The van der Waals surface area contributed by atoms with Gasteiger partial charge in [-0.15, -0.1) is 0 Å². The highest BCUT2D eigenvalue weighted by Gasteiger charge is 2.05. The Bertz CT molecular complexity index is 333. The van der Waals surface area contributed by atoms with E-state index in [-0.39, 0.29) is 25.5 Å². The second-order valence-electron chi connectivity index (χ2n) is 3.37. The predicted molar refractivity (Wildman–Crippen MR) is 57.7 cm³/mol. The fourth-order valence-corrected chi connectivity index (χ4v) is 1.18. The summed E-state index contributed by atoms with van der Waals surface area (Å²) >= 11 is 0. The average Bonchev–Trinajstić information content (AvgIpc) is 2.29. The number of benzene rings is 1. The number of aliphatic hydroxyl groups is 1. The van der Waals surface area contributed by atoms with Crippen LogP contribution in [0.5, 0.6) is 5.75 Å². The second kappa shape index (κ2) is 6.42. The zero-order valence-electron chi connectivity index (χ0n) is 9.15. The molecule has 3 N–H and O–H groups in total. The molecule has 0 fully saturated rings. The van der Waals surface area contributed by atoms with Crippen molar-refractivity contribution in [2.45, 2.75) is 12.7 Å². The summed E-state index contributed by atoms with van der Waals surface area (Å²) in [6.45, 7) is 0.527. The van der Waals surface area contributed by atoms with E-state index >= 15 is 0 Å². The molecule has 0 radical (unpaired) electrons. The third kappa shape index (κ3) is 3.77. The molecule has 16 heavy (non-hydrogen) atoms. The van der Waals surface area contributed by atoms with Gasteiger partial charge in [0.05, 0.1) is 26.4 Å². The zero-order chi connectivity index (χ0) is 12.0. The number of nitrogens with two attached hydrogens (primary N) is 1. The summed E-state index contributed by atoms with van der Waals surface area (Å²) in [4.78, 5) is 0. The molecule has 0 aliphatic heterocycles. The third-order valence-electron chi connectivity index (χ3n) is 2.07. The molecule has 1 rings (SSSR count). The molecule has 0 aliphatic carbocycles. The summed E-state index contributed by atoms with van der Waals surface area (Å²) in [5.41, 5.74) is 5.89. The van der Waals surface area contributed by atoms with Gasteiger partial charge in [-0.3, -0.25) is 0 Å². The Hall–Kier alpha value is -1.17. The molecule has 0 saturated carbocycles. The summed E-state index contributed by atoms with van der Waals surface area (Å²) in [5.74, 6) is -0.228. The minimum absolute atomic E-state index is 0.143. The van der Waals surface area contributed by atoms with Crippen LogP contribution in [-0.2, 0) is 11.3 Å². The maximum Gasteiger partial charge on any atom is 0.165 e. The van der Waals surface area contributed by atoms with Crippen LogP contribution in [0.3, 0.4) is 0 Å². The molecule has 0 spiro atoms. The van der Waals surface area contributed by atoms with Crippen LogP contribution in [0.25, 0.3) is 0 Å². The number of methoxy groups -OCH3 is 1. The largest absolute Gasteiger partial charge is 0.494 e. The second-order valence-corrected chi connectivity index (χ2v) is 3.37. The number of hydrogen-bond donors (Lipinski definition) is 2. The van der Waals surface area contributed by atoms with Crippen LogP contribution < -0.4 is 10.5 Å². The lowest BCUT2D eigenvalue weighted by atomic mass is 10.2. The standard InChI is InChI=1S/C11H16FNO3/c1-15-11-3-2-8(4-10(11)12)6-16-7-9(14)5-13/h2-4,9,14H,5-7,13H2,1H3/t9-/m1/s1. The van der Waals surface area contributed by atoms with Gasteiger partial charge in [0.1, 0.15) is 0 Å². The number of aliphatic hydroxyl groups excluding tert-OH is 1. The molecule has 1 atom stereocenters. The van der Waals surface area contributed by atoms with Crippen LogP contribution in [0.15, 0.2) is 18.2 Å². The predicted octanol–water partition coefficient (Wildman–Crippen LogP) is 0.671. The Morgan fingerprint density at radius 2 is 2.25 bits per heavy atom. The lowest BCUT2D eigenvalue weighted by Crippen LogP contribution is -2.24. The SMILES string of the molecule is COc1ccc(COC[C@H](O)CN)cc1F. The molecule has 0 aromatic heterocycles. The summed E-state index contributed by atoms with van der Waals surface area (Å²) in [6, 6.07) is 4.58. The first-order valence-corrected chi connectivity index (χ1v) is 4.95. The first-order chi connectivity index (χ1) is 7.67. The van der Waals surface area contributed by atoms with Crippen molar-refractivity contribution in [1.29, 1.82) is 0 Å². The normalized spacial score (nSPS) is 12.5. The topological polar surface area (TPSA) is 64.7 Å². The quantitative estimate of drug-likeness (QED) is 0.752. The van der Waals surface area contributed by atoms with Crippen LogP contribution in [0.4, 0.5) is 4.39 Å². The van der Waals surface area contributed by atoms with Gasteiger partial charge in [0.25, 0.3) is 0 Å². The number of hydrogen-bond acceptors (Lipinski definition) is 4. The molecular formula is C11H16FNO3. The Kier molecular flexibility index (Phi) is 5.18. The van der Waals surface area contributed by atoms with E-state index in [0.29, 0.717) is 5.56 Å². The van der Waals surface area contributed by atoms with Gasteiger partial charge in [0, 0.05) is 6.54 Å². The van der Waals surface area contributed by atoms with Crippen LogP contribution in [0.1, 0.15) is 5.56 Å². The molecule has 0 saturated heterocycles. The number of halogens is 1. The van der Waals surface area contributed by atoms with E-state index in [1.54, 1.807) is 6.07 Å². The van der Waals surface area contributed by atoms with Crippen molar-refractivity contribution in [3.8, 4) is 5.75 Å². The van der Waals surface area contributed by atoms with Gasteiger partial charge in [-0.25, -0.2) is 4.39 Å². The van der Waals surface area contributed by atoms with Crippen molar-refractivity contribution in [2.75, 3.05) is 20.3 Å². The Morgan fingerprint density at radius 3 is 2.81 bits per heavy atom. The van der Waals surface area contributed by atoms with Gasteiger partial charge in [-0.1, -0.05) is 6.07 Å². The van der Waals surface area contributed by atoms with Crippen LogP contribution in [-0.4, -0.2) is 31.5 Å². The van der Waals surface area contributed by atoms with E-state index in [9.17, 15) is 4.39 Å². The maximum absolute atomic E-state index is 13.3. The van der Waals surface area contributed by atoms with E-state index < -0.39 is 11.9 Å². The lowest BCUT2D eigenvalue weighted by Gasteiger charge is -2.09. The van der Waals surface area contributed by atoms with Crippen LogP contribution in [0, 0.1) is 5.82 Å². The molecule has 0 unspecified atom stereocenters. The fraction of sp³-hybridized carbons (Fsp3) is 0.455. The van der Waals surface area contributed by atoms with Crippen molar-refractivity contribution in [3.05, 3.63) is 29.6 Å². The Labute approximate surface area is 93.8 Å². The van der Waals surface area contributed by atoms with Gasteiger partial charge in [0.15, 0.2) is 11.6 Å². The highest BCUT2D eigenvalue weighted by atomic mass is 19.1. The monoisotopic (exact) mass is 229 g/mol. The zero-order valence-corrected chi connectivity index (χ0v) is 9.15. The van der Waals surface area contributed by atoms with Crippen molar-refractivity contribution >= 4 is 0 Å². The third-order valence-corrected chi connectivity index (χ3v) is 2.07. The van der Waals surface area contributed by atoms with E-state index in [0.717, 1.165) is 0 Å². The Balaban J connectivity index is 2.46. The summed E-state index contributed by atoms with van der Waals surface area (Å²) in [6.07, 6.45) is -0.678. The number of rotatable bonds is 6. The summed E-state index contributed by atoms with van der Waals surface area (Å²) in [5, 5.41) is 9.13. The minimum atomic E-state index is -0.678. The molecule has 0 amide bonds. The van der Waals surface area contributed by atoms with Crippen molar-refractivity contribution in [2.24, 2.45) is 5.73 Å². The molecule has 0 bridgehead atoms. The minimum Gasteiger partial charge on any atom is -0.494 e. The van der Waals surface area contributed by atoms with Gasteiger partial charge in [0.2, 0.25) is 0 Å². The van der Waals surface area contributed by atoms with Gasteiger partial charge >= 0.3 is 0 Å². The summed E-state index contributed by atoms with van der Waals surface area (Å²) < 4.78 is 23.2. The highest BCUT2D eigenvalue weighted by molar-refractivity contribution is 5.28. The first-order valence-electron chi connectivity index (χ1n) is 4.95. The molecule has 0 aliphatic rings. The van der Waals surface area contributed by atoms with Crippen molar-refractivity contribution < 1.29 is 19.0 Å². The summed E-state index contributed by atoms with van der Waals surface area (Å²) in [7, 11) is 1.41. The highest BCUT2D eigenvalue weighted by Crippen LogP contribution is 2.17. The molecule has 4 nitrogen and oxygen atoms in total. The van der Waals surface area contributed by atoms with E-state index in [1.165, 1.54) is 19.2 Å². The first kappa shape index (κ1) is 12.9. The maximum atomic E-state index is 13.3. The molecule has 5 heteroatoms. The smallest absolute Gasteiger partial charge is 0.165 e. The molecule has 1 aromatic carbocycles. The Morgan fingerprint density at radius 1 is 1.50 bits per heavy atom. The molecule has 90 valence electrons. The van der Waals surface area contributed by atoms with Crippen LogP contribution in [0.2, 0.25) is 0 Å². The fourth-order valence-electron chi connectivity index (χ4n) is 1.18. The van der Waals surface area contributed by atoms with Gasteiger partial charge < -0.3 is 20.3 Å². The van der Waals surface area contributed by atoms with Crippen molar-refractivity contribution in [1.82, 2.24) is 0 Å². The molecular weight excluding hydrogens is 213 g/mol. The lowest BCUT2D eigenvalue weighted by molar-refractivity contribution is 0.0328. The van der Waals surface area contributed by atoms with Crippen LogP contribution >= 0.6 is 0 Å². The van der Waals surface area contributed by atoms with E-state index in [4.69, 9.17) is 20.3 Å². The van der Waals surface area contributed by atoms with Gasteiger partial charge in [-0.05, 0) is 17.7 Å². The number of ether oxygens (including phenoxy) is 2. The average molecular weight is 229 g/mol. The van der Waals surface area contributed by atoms with E-state index in [2.05, 4.69) is 0 Å². The van der Waals surface area contributed by atoms with Gasteiger partial charge in [-0.2, -0.15) is 0 Å². The van der Waals surface area contributed by atoms with E-state index in [1.807, 2.05) is 0 Å². The molecule has 1 aromatic rings.